The number of rotatable bonds is 4. The molecule has 28 heavy (non-hydrogen) atoms. The molecule has 0 saturated heterocycles. The fourth-order valence-corrected chi connectivity index (χ4v) is 2.54. The maximum Gasteiger partial charge on any atom is 0.274 e. The van der Waals surface area contributed by atoms with Gasteiger partial charge >= 0.3 is 0 Å². The summed E-state index contributed by atoms with van der Waals surface area (Å²) in [4.78, 5) is 20.7. The van der Waals surface area contributed by atoms with Gasteiger partial charge in [-0.3, -0.25) is 4.79 Å². The van der Waals surface area contributed by atoms with E-state index in [-0.39, 0.29) is 17.3 Å². The normalized spacial score (nSPS) is 10.6. The number of carbonyl (C=O) groups is 1. The van der Waals surface area contributed by atoms with Gasteiger partial charge in [0.15, 0.2) is 17.5 Å². The van der Waals surface area contributed by atoms with Crippen LogP contribution >= 0.6 is 0 Å². The first kappa shape index (κ1) is 19.3. The summed E-state index contributed by atoms with van der Waals surface area (Å²) in [7, 11) is 0. The van der Waals surface area contributed by atoms with Crippen molar-refractivity contribution in [3.63, 3.8) is 0 Å². The number of nitrogens with zero attached hydrogens (tertiary/aromatic N) is 2. The molecule has 0 unspecified atom stereocenters. The van der Waals surface area contributed by atoms with Crippen LogP contribution < -0.4 is 10.6 Å². The largest absolute Gasteiger partial charge is 0.322 e. The molecule has 0 aliphatic carbocycles. The van der Waals surface area contributed by atoms with Crippen molar-refractivity contribution in [2.45, 2.75) is 20.8 Å². The van der Waals surface area contributed by atoms with Crippen LogP contribution in [0.3, 0.4) is 0 Å². The predicted octanol–water partition coefficient (Wildman–Crippen LogP) is 4.82. The average Bonchev–Trinajstić information content (AvgIpc) is 2.65. The second-order valence-electron chi connectivity index (χ2n) is 6.34. The number of hydrogen-bond acceptors (Lipinski definition) is 4. The van der Waals surface area contributed by atoms with Crippen LogP contribution in [-0.4, -0.2) is 15.9 Å². The van der Waals surface area contributed by atoms with Crippen molar-refractivity contribution in [3.8, 4) is 0 Å². The summed E-state index contributed by atoms with van der Waals surface area (Å²) < 4.78 is 40.3. The molecule has 2 aromatic carbocycles. The third kappa shape index (κ3) is 4.11. The molecule has 8 heteroatoms. The minimum atomic E-state index is -1.61. The molecule has 0 aliphatic rings. The van der Waals surface area contributed by atoms with Gasteiger partial charge in [-0.25, -0.2) is 23.1 Å². The highest BCUT2D eigenvalue weighted by molar-refractivity contribution is 6.03. The van der Waals surface area contributed by atoms with Gasteiger partial charge in [-0.1, -0.05) is 12.1 Å². The number of amides is 1. The fourth-order valence-electron chi connectivity index (χ4n) is 2.54. The van der Waals surface area contributed by atoms with Crippen molar-refractivity contribution in [3.05, 3.63) is 76.4 Å². The standard InChI is InChI=1S/C20H17F3N4O/c1-10-4-5-11(2)15(8-10)25-19(28)16-9-12(3)24-20(27-16)26-14-7-6-13(21)17(22)18(14)23/h4-9H,1-3H3,(H,25,28)(H,24,26,27). The molecule has 5 nitrogen and oxygen atoms in total. The Morgan fingerprint density at radius 2 is 1.64 bits per heavy atom. The molecule has 144 valence electrons. The van der Waals surface area contributed by atoms with Gasteiger partial charge in [-0.05, 0) is 56.2 Å². The third-order valence-electron chi connectivity index (χ3n) is 4.01. The zero-order chi connectivity index (χ0) is 20.4. The highest BCUT2D eigenvalue weighted by atomic mass is 19.2. The van der Waals surface area contributed by atoms with E-state index < -0.39 is 23.4 Å². The van der Waals surface area contributed by atoms with Gasteiger partial charge in [-0.2, -0.15) is 0 Å². The number of hydrogen-bond donors (Lipinski definition) is 2. The van der Waals surface area contributed by atoms with E-state index in [4.69, 9.17) is 0 Å². The predicted molar refractivity (Wildman–Crippen MR) is 100 cm³/mol. The van der Waals surface area contributed by atoms with E-state index in [2.05, 4.69) is 20.6 Å². The molecule has 0 saturated carbocycles. The topological polar surface area (TPSA) is 66.9 Å². The van der Waals surface area contributed by atoms with Gasteiger partial charge in [0, 0.05) is 11.4 Å². The Morgan fingerprint density at radius 3 is 2.39 bits per heavy atom. The third-order valence-corrected chi connectivity index (χ3v) is 4.01. The molecule has 3 rings (SSSR count). The van der Waals surface area contributed by atoms with Crippen molar-refractivity contribution in [1.82, 2.24) is 9.97 Å². The quantitative estimate of drug-likeness (QED) is 0.631. The molecule has 1 aromatic heterocycles. The molecule has 1 amide bonds. The Kier molecular flexibility index (Phi) is 5.30. The number of halogens is 3. The smallest absolute Gasteiger partial charge is 0.274 e. The molecule has 0 bridgehead atoms. The monoisotopic (exact) mass is 386 g/mol. The molecule has 0 atom stereocenters. The number of carbonyl (C=O) groups excluding carboxylic acids is 1. The number of aromatic nitrogens is 2. The molecule has 0 fully saturated rings. The van der Waals surface area contributed by atoms with Crippen LogP contribution in [0.1, 0.15) is 27.3 Å². The van der Waals surface area contributed by atoms with Crippen LogP contribution in [0.5, 0.6) is 0 Å². The van der Waals surface area contributed by atoms with E-state index in [0.29, 0.717) is 11.4 Å². The van der Waals surface area contributed by atoms with Crippen molar-refractivity contribution in [1.29, 1.82) is 0 Å². The minimum Gasteiger partial charge on any atom is -0.322 e. The number of nitrogens with one attached hydrogen (secondary N) is 2. The fraction of sp³-hybridized carbons (Fsp3) is 0.150. The first-order valence-corrected chi connectivity index (χ1v) is 8.39. The first-order valence-electron chi connectivity index (χ1n) is 8.39. The van der Waals surface area contributed by atoms with E-state index in [9.17, 15) is 18.0 Å². The first-order chi connectivity index (χ1) is 13.2. The summed E-state index contributed by atoms with van der Waals surface area (Å²) in [6, 6.07) is 8.91. The summed E-state index contributed by atoms with van der Waals surface area (Å²) in [5, 5.41) is 5.25. The van der Waals surface area contributed by atoms with Gasteiger partial charge < -0.3 is 10.6 Å². The van der Waals surface area contributed by atoms with E-state index >= 15 is 0 Å². The summed E-state index contributed by atoms with van der Waals surface area (Å²) in [6.45, 7) is 5.39. The van der Waals surface area contributed by atoms with E-state index in [1.54, 1.807) is 6.92 Å². The van der Waals surface area contributed by atoms with Crippen molar-refractivity contribution < 1.29 is 18.0 Å². The maximum absolute atomic E-state index is 13.9. The van der Waals surface area contributed by atoms with Crippen LogP contribution in [0.4, 0.5) is 30.5 Å². The molecule has 3 aromatic rings. The molecular formula is C20H17F3N4O. The number of anilines is 3. The Bertz CT molecular complexity index is 1070. The lowest BCUT2D eigenvalue weighted by atomic mass is 10.1. The van der Waals surface area contributed by atoms with Gasteiger partial charge in [-0.15, -0.1) is 0 Å². The lowest BCUT2D eigenvalue weighted by Gasteiger charge is -2.11. The van der Waals surface area contributed by atoms with Crippen LogP contribution in [0.15, 0.2) is 36.4 Å². The molecule has 1 heterocycles. The van der Waals surface area contributed by atoms with Gasteiger partial charge in [0.2, 0.25) is 5.95 Å². The summed E-state index contributed by atoms with van der Waals surface area (Å²) in [5.41, 5.74) is 2.64. The summed E-state index contributed by atoms with van der Waals surface area (Å²) in [5.74, 6) is -4.90. The SMILES string of the molecule is Cc1ccc(C)c(NC(=O)c2cc(C)nc(Nc3ccc(F)c(F)c3F)n2)c1. The zero-order valence-electron chi connectivity index (χ0n) is 15.4. The lowest BCUT2D eigenvalue weighted by molar-refractivity contribution is 0.102. The maximum atomic E-state index is 13.9. The summed E-state index contributed by atoms with van der Waals surface area (Å²) in [6.07, 6.45) is 0. The van der Waals surface area contributed by atoms with Gasteiger partial charge in [0.25, 0.3) is 5.91 Å². The molecular weight excluding hydrogens is 369 g/mol. The molecule has 0 aliphatic heterocycles. The average molecular weight is 386 g/mol. The van der Waals surface area contributed by atoms with Crippen molar-refractivity contribution >= 4 is 23.2 Å². The Hall–Kier alpha value is -3.42. The van der Waals surface area contributed by atoms with Crippen LogP contribution in [-0.2, 0) is 0 Å². The van der Waals surface area contributed by atoms with E-state index in [1.165, 1.54) is 6.07 Å². The second kappa shape index (κ2) is 7.67. The van der Waals surface area contributed by atoms with Crippen molar-refractivity contribution in [2.24, 2.45) is 0 Å². The minimum absolute atomic E-state index is 0.0406. The highest BCUT2D eigenvalue weighted by Gasteiger charge is 2.16. The van der Waals surface area contributed by atoms with Crippen LogP contribution in [0.2, 0.25) is 0 Å². The number of aryl methyl sites for hydroxylation is 3. The van der Waals surface area contributed by atoms with Crippen molar-refractivity contribution in [2.75, 3.05) is 10.6 Å². The van der Waals surface area contributed by atoms with E-state index in [0.717, 1.165) is 23.3 Å². The lowest BCUT2D eigenvalue weighted by Crippen LogP contribution is -2.16. The van der Waals surface area contributed by atoms with Crippen LogP contribution in [0, 0.1) is 38.2 Å². The Morgan fingerprint density at radius 1 is 0.893 bits per heavy atom. The van der Waals surface area contributed by atoms with Gasteiger partial charge in [0.1, 0.15) is 5.69 Å². The van der Waals surface area contributed by atoms with Gasteiger partial charge in [0.05, 0.1) is 5.69 Å². The Balaban J connectivity index is 1.88. The molecule has 2 N–H and O–H groups in total. The molecule has 0 spiro atoms. The summed E-state index contributed by atoms with van der Waals surface area (Å²) >= 11 is 0. The zero-order valence-corrected chi connectivity index (χ0v) is 15.4. The number of benzene rings is 2. The highest BCUT2D eigenvalue weighted by Crippen LogP contribution is 2.23. The van der Waals surface area contributed by atoms with E-state index in [1.807, 2.05) is 32.0 Å². The van der Waals surface area contributed by atoms with Crippen LogP contribution in [0.25, 0.3) is 0 Å². The Labute approximate surface area is 159 Å². The molecule has 0 radical (unpaired) electrons. The second-order valence-corrected chi connectivity index (χ2v) is 6.34.